The van der Waals surface area contributed by atoms with E-state index in [1.807, 2.05) is 0 Å². The Morgan fingerprint density at radius 1 is 1.00 bits per heavy atom. The van der Waals surface area contributed by atoms with Gasteiger partial charge in [0.05, 0.1) is 0 Å². The molecule has 0 atom stereocenters. The Morgan fingerprint density at radius 2 is 1.47 bits per heavy atom. The second-order valence-corrected chi connectivity index (χ2v) is 3.59. The summed E-state index contributed by atoms with van der Waals surface area (Å²) in [7, 11) is 0. The summed E-state index contributed by atoms with van der Waals surface area (Å²) in [5.41, 5.74) is -0.774. The van der Waals surface area contributed by atoms with Gasteiger partial charge in [-0.2, -0.15) is 8.78 Å². The van der Waals surface area contributed by atoms with Crippen molar-refractivity contribution in [1.29, 1.82) is 0 Å². The van der Waals surface area contributed by atoms with E-state index in [2.05, 4.69) is 0 Å². The molecule has 0 aliphatic carbocycles. The third-order valence-electron chi connectivity index (χ3n) is 1.48. The van der Waals surface area contributed by atoms with Crippen LogP contribution in [0.4, 0.5) is 21.7 Å². The van der Waals surface area contributed by atoms with E-state index in [0.29, 0.717) is 0 Å². The number of benzene rings is 1. The second kappa shape index (κ2) is 6.61. The van der Waals surface area contributed by atoms with Crippen molar-refractivity contribution in [2.24, 2.45) is 0 Å². The largest absolute Gasteiger partial charge is 1.00 e. The predicted molar refractivity (Wildman–Crippen MR) is 47.0 cm³/mol. The molecule has 0 unspecified atom stereocenters. The monoisotopic (exact) mass is 266 g/mol. The zero-order valence-electron chi connectivity index (χ0n) is 7.76. The van der Waals surface area contributed by atoms with Gasteiger partial charge in [0.1, 0.15) is 0 Å². The molecule has 1 rings (SSSR count). The summed E-state index contributed by atoms with van der Waals surface area (Å²) >= 11 is 0.224. The molecule has 0 aliphatic rings. The first-order valence-corrected chi connectivity index (χ1v) is 4.52. The van der Waals surface area contributed by atoms with Gasteiger partial charge in [0, 0.05) is 4.90 Å². The number of hydrogen-bond acceptors (Lipinski definition) is 1. The van der Waals surface area contributed by atoms with Crippen molar-refractivity contribution in [3.8, 4) is 0 Å². The molecule has 0 fully saturated rings. The van der Waals surface area contributed by atoms with E-state index in [0.717, 1.165) is 24.3 Å². The van der Waals surface area contributed by atoms with Gasteiger partial charge >= 0.3 is 58.4 Å². The van der Waals surface area contributed by atoms with Crippen LogP contribution < -0.4 is 56.8 Å². The van der Waals surface area contributed by atoms with Crippen molar-refractivity contribution in [2.75, 3.05) is 0 Å². The fourth-order valence-electron chi connectivity index (χ4n) is 0.867. The number of rotatable bonds is 3. The molecule has 78 valence electrons. The SMILES string of the molecule is FC(F)Sc1ccc([B-](F)(F)F)cc1.[K+]. The summed E-state index contributed by atoms with van der Waals surface area (Å²) in [6.45, 7) is -5.04. The molecule has 0 N–H and O–H groups in total. The van der Waals surface area contributed by atoms with E-state index in [9.17, 15) is 21.7 Å². The van der Waals surface area contributed by atoms with Crippen LogP contribution in [0.5, 0.6) is 0 Å². The maximum atomic E-state index is 12.1. The van der Waals surface area contributed by atoms with Gasteiger partial charge in [-0.1, -0.05) is 36.0 Å². The first-order valence-electron chi connectivity index (χ1n) is 3.64. The number of hydrogen-bond donors (Lipinski definition) is 0. The van der Waals surface area contributed by atoms with Crippen molar-refractivity contribution in [2.45, 2.75) is 10.7 Å². The first kappa shape index (κ1) is 15.9. The Hall–Kier alpha value is 0.921. The standard InChI is InChI=1S/C7H5BF5S.K/c9-7(10)14-6-3-1-5(2-4-6)8(11,12)13;/h1-4,7H;/q-1;+1. The quantitative estimate of drug-likeness (QED) is 0.423. The van der Waals surface area contributed by atoms with Crippen LogP contribution in [-0.2, 0) is 0 Å². The Morgan fingerprint density at radius 3 is 1.80 bits per heavy atom. The molecule has 0 radical (unpaired) electrons. The molecule has 0 saturated heterocycles. The molecule has 0 aliphatic heterocycles. The van der Waals surface area contributed by atoms with Crippen LogP contribution in [0, 0.1) is 0 Å². The molecule has 0 heterocycles. The molecule has 0 aromatic heterocycles. The van der Waals surface area contributed by atoms with Crippen LogP contribution in [0.1, 0.15) is 0 Å². The van der Waals surface area contributed by atoms with E-state index in [1.54, 1.807) is 0 Å². The Kier molecular flexibility index (Phi) is 7.01. The molecule has 0 nitrogen and oxygen atoms in total. The van der Waals surface area contributed by atoms with Crippen LogP contribution in [0.25, 0.3) is 0 Å². The summed E-state index contributed by atoms with van der Waals surface area (Å²) < 4.78 is 59.9. The third-order valence-corrected chi connectivity index (χ3v) is 2.21. The fraction of sp³-hybridized carbons (Fsp3) is 0.143. The Bertz CT molecular complexity index is 299. The fourth-order valence-corrected chi connectivity index (χ4v) is 1.37. The minimum Gasteiger partial charge on any atom is -0.445 e. The predicted octanol–water partition coefficient (Wildman–Crippen LogP) is 0.0597. The van der Waals surface area contributed by atoms with Crippen LogP contribution in [-0.4, -0.2) is 12.7 Å². The van der Waals surface area contributed by atoms with Crippen molar-refractivity contribution in [3.63, 3.8) is 0 Å². The topological polar surface area (TPSA) is 0 Å². The van der Waals surface area contributed by atoms with Crippen molar-refractivity contribution in [3.05, 3.63) is 24.3 Å². The summed E-state index contributed by atoms with van der Waals surface area (Å²) in [5, 5.41) is 0. The molecule has 0 spiro atoms. The van der Waals surface area contributed by atoms with Gasteiger partial charge in [-0.15, -0.1) is 5.46 Å². The third kappa shape index (κ3) is 5.69. The van der Waals surface area contributed by atoms with Crippen LogP contribution in [0.3, 0.4) is 0 Å². The average Bonchev–Trinajstić information content (AvgIpc) is 2.02. The Balaban J connectivity index is 0.00000196. The van der Waals surface area contributed by atoms with Gasteiger partial charge in [-0.05, 0) is 0 Å². The number of halogens is 5. The summed E-state index contributed by atoms with van der Waals surface area (Å²) in [4.78, 5) is 0.129. The van der Waals surface area contributed by atoms with E-state index in [-0.39, 0.29) is 68.0 Å². The molecule has 8 heteroatoms. The first-order chi connectivity index (χ1) is 6.39. The number of thioether (sulfide) groups is 1. The van der Waals surface area contributed by atoms with Crippen molar-refractivity contribution >= 4 is 24.2 Å². The van der Waals surface area contributed by atoms with Crippen LogP contribution >= 0.6 is 11.8 Å². The molecular formula is C7H5BF5KS. The van der Waals surface area contributed by atoms with Gasteiger partial charge < -0.3 is 12.9 Å². The van der Waals surface area contributed by atoms with E-state index >= 15 is 0 Å². The van der Waals surface area contributed by atoms with Gasteiger partial charge in [-0.3, -0.25) is 0 Å². The van der Waals surface area contributed by atoms with Gasteiger partial charge in [0.25, 0.3) is 5.76 Å². The van der Waals surface area contributed by atoms with E-state index in [4.69, 9.17) is 0 Å². The number of alkyl halides is 2. The molecule has 15 heavy (non-hydrogen) atoms. The minimum atomic E-state index is -5.04. The molecular weight excluding hydrogens is 261 g/mol. The summed E-state index contributed by atoms with van der Waals surface area (Å²) in [5.74, 6) is -2.61. The molecule has 1 aromatic carbocycles. The van der Waals surface area contributed by atoms with Gasteiger partial charge in [-0.25, -0.2) is 0 Å². The maximum absolute atomic E-state index is 12.1. The molecule has 1 aromatic rings. The van der Waals surface area contributed by atoms with Crippen molar-refractivity contribution in [1.82, 2.24) is 0 Å². The van der Waals surface area contributed by atoms with Crippen molar-refractivity contribution < 1.29 is 73.1 Å². The zero-order valence-corrected chi connectivity index (χ0v) is 11.7. The zero-order chi connectivity index (χ0) is 10.8. The smallest absolute Gasteiger partial charge is 0.445 e. The molecule has 0 amide bonds. The van der Waals surface area contributed by atoms with Gasteiger partial charge in [0.15, 0.2) is 0 Å². The minimum absolute atomic E-state index is 0. The van der Waals surface area contributed by atoms with Gasteiger partial charge in [0.2, 0.25) is 0 Å². The second-order valence-electron chi connectivity index (χ2n) is 2.52. The van der Waals surface area contributed by atoms with E-state index < -0.39 is 18.2 Å². The average molecular weight is 266 g/mol. The Labute approximate surface area is 130 Å². The summed E-state index contributed by atoms with van der Waals surface area (Å²) in [6, 6.07) is 3.71. The summed E-state index contributed by atoms with van der Waals surface area (Å²) in [6.07, 6.45) is 0. The normalized spacial score (nSPS) is 11.3. The maximum Gasteiger partial charge on any atom is 1.00 e. The molecule has 0 bridgehead atoms. The molecule has 0 saturated carbocycles. The van der Waals surface area contributed by atoms with Crippen LogP contribution in [0.2, 0.25) is 0 Å². The van der Waals surface area contributed by atoms with E-state index in [1.165, 1.54) is 0 Å². The van der Waals surface area contributed by atoms with Crippen LogP contribution in [0.15, 0.2) is 29.2 Å².